The highest BCUT2D eigenvalue weighted by molar-refractivity contribution is 7.70. The summed E-state index contributed by atoms with van der Waals surface area (Å²) in [5, 5.41) is 9.01. The van der Waals surface area contributed by atoms with Crippen molar-refractivity contribution in [3.05, 3.63) is 36.3 Å². The number of carbonyl (C=O) groups is 2. The first-order chi connectivity index (χ1) is 12.4. The van der Waals surface area contributed by atoms with E-state index in [0.717, 1.165) is 0 Å². The Morgan fingerprint density at radius 2 is 2.19 bits per heavy atom. The van der Waals surface area contributed by atoms with Crippen molar-refractivity contribution in [3.8, 4) is 0 Å². The molecular formula is C17H24N2O6S. The number of hydrogen-bond donors (Lipinski definition) is 2. The van der Waals surface area contributed by atoms with Crippen molar-refractivity contribution in [1.82, 2.24) is 9.21 Å². The van der Waals surface area contributed by atoms with E-state index in [1.54, 1.807) is 24.0 Å². The second-order valence-electron chi connectivity index (χ2n) is 6.20. The summed E-state index contributed by atoms with van der Waals surface area (Å²) >= 11 is 0. The normalized spacial score (nSPS) is 27.1. The van der Waals surface area contributed by atoms with Crippen molar-refractivity contribution in [2.75, 3.05) is 19.6 Å². The molecule has 2 unspecified atom stereocenters. The number of ether oxygens (including phenoxy) is 1. The number of aliphatic carboxylic acids is 1. The minimum Gasteiger partial charge on any atom is -0.486 e. The Hall–Kier alpha value is -2.29. The van der Waals surface area contributed by atoms with Gasteiger partial charge in [-0.1, -0.05) is 18.7 Å². The number of carbonyl (C=O) groups excluding carboxylic acids is 1. The summed E-state index contributed by atoms with van der Waals surface area (Å²) in [6.07, 6.45) is 5.28. The largest absolute Gasteiger partial charge is 0.486 e. The Morgan fingerprint density at radius 3 is 2.73 bits per heavy atom. The van der Waals surface area contributed by atoms with Crippen LogP contribution in [0.4, 0.5) is 0 Å². The molecule has 9 heteroatoms. The third-order valence-electron chi connectivity index (χ3n) is 4.53. The molecule has 2 saturated heterocycles. The van der Waals surface area contributed by atoms with Crippen molar-refractivity contribution < 1.29 is 27.9 Å². The minimum atomic E-state index is -2.81. The number of likely N-dealkylation sites (tertiary alicyclic amines) is 1. The van der Waals surface area contributed by atoms with Gasteiger partial charge in [0.2, 0.25) is 16.8 Å². The predicted octanol–water partition coefficient (Wildman–Crippen LogP) is 0.901. The molecule has 0 aromatic heterocycles. The summed E-state index contributed by atoms with van der Waals surface area (Å²) in [5.74, 6) is -1.33. The Balaban J connectivity index is 2.01. The summed E-state index contributed by atoms with van der Waals surface area (Å²) in [5.41, 5.74) is 0.468. The quantitative estimate of drug-likeness (QED) is 0.660. The molecule has 0 bridgehead atoms. The van der Waals surface area contributed by atoms with Crippen molar-refractivity contribution >= 4 is 22.8 Å². The van der Waals surface area contributed by atoms with Gasteiger partial charge < -0.3 is 14.7 Å². The lowest BCUT2D eigenvalue weighted by molar-refractivity contribution is -0.149. The van der Waals surface area contributed by atoms with Gasteiger partial charge in [0, 0.05) is 25.9 Å². The van der Waals surface area contributed by atoms with Crippen LogP contribution in [-0.2, 0) is 25.2 Å². The van der Waals surface area contributed by atoms with Gasteiger partial charge in [-0.15, -0.1) is 0 Å². The molecule has 0 aliphatic carbocycles. The molecule has 1 amide bonds. The summed E-state index contributed by atoms with van der Waals surface area (Å²) < 4.78 is 30.3. The van der Waals surface area contributed by atoms with Gasteiger partial charge in [0.1, 0.15) is 11.9 Å². The predicted molar refractivity (Wildman–Crippen MR) is 95.5 cm³/mol. The Labute approximate surface area is 154 Å². The number of allylic oxidation sites excluding steroid dienone is 3. The van der Waals surface area contributed by atoms with Gasteiger partial charge in [0.05, 0.1) is 18.2 Å². The maximum Gasteiger partial charge on any atom is 0.307 e. The molecule has 1 N–H and O–H groups in total. The Kier molecular flexibility index (Phi) is 6.84. The van der Waals surface area contributed by atoms with Crippen molar-refractivity contribution in [2.45, 2.75) is 32.3 Å². The molecule has 144 valence electrons. The standard InChI is InChI=1S/C17H24N2O6S/c1-3-5-15-14(4-2)19(26(23)24)11-13(25-15)7-9-18-8-6-12(17(21)22)10-16(18)20/h3-5,12-13,26H,1,6-11H2,2H3,(H,21,22)/b14-4+,15-5+. The number of thiol groups is 1. The zero-order valence-corrected chi connectivity index (χ0v) is 15.6. The summed E-state index contributed by atoms with van der Waals surface area (Å²) in [6.45, 7) is 6.30. The van der Waals surface area contributed by atoms with E-state index in [1.807, 2.05) is 0 Å². The zero-order valence-electron chi connectivity index (χ0n) is 14.7. The van der Waals surface area contributed by atoms with Crippen molar-refractivity contribution in [3.63, 3.8) is 0 Å². The van der Waals surface area contributed by atoms with Crippen molar-refractivity contribution in [2.24, 2.45) is 5.92 Å². The number of carboxylic acid groups (broad SMARTS) is 1. The number of piperidine rings is 1. The number of morpholine rings is 1. The van der Waals surface area contributed by atoms with Crippen LogP contribution < -0.4 is 0 Å². The van der Waals surface area contributed by atoms with Crippen LogP contribution in [0.3, 0.4) is 0 Å². The van der Waals surface area contributed by atoms with Crippen LogP contribution in [0.25, 0.3) is 0 Å². The monoisotopic (exact) mass is 384 g/mol. The van der Waals surface area contributed by atoms with Crippen LogP contribution in [-0.4, -0.2) is 60.3 Å². The van der Waals surface area contributed by atoms with Gasteiger partial charge in [-0.25, -0.2) is 8.42 Å². The molecule has 0 spiro atoms. The molecule has 0 radical (unpaired) electrons. The number of hydrogen-bond acceptors (Lipinski definition) is 5. The van der Waals surface area contributed by atoms with Gasteiger partial charge in [-0.3, -0.25) is 13.9 Å². The van der Waals surface area contributed by atoms with Gasteiger partial charge in [0.15, 0.2) is 0 Å². The molecule has 2 atom stereocenters. The summed E-state index contributed by atoms with van der Waals surface area (Å²) in [7, 11) is -2.81. The van der Waals surface area contributed by atoms with Gasteiger partial charge in [0.25, 0.3) is 0 Å². The second kappa shape index (κ2) is 8.88. The molecule has 2 rings (SSSR count). The lowest BCUT2D eigenvalue weighted by Crippen LogP contribution is -2.44. The van der Waals surface area contributed by atoms with Crippen molar-refractivity contribution in [1.29, 1.82) is 0 Å². The number of nitrogens with zero attached hydrogens (tertiary/aromatic N) is 2. The molecule has 0 saturated carbocycles. The fourth-order valence-electron chi connectivity index (χ4n) is 3.15. The van der Waals surface area contributed by atoms with E-state index in [2.05, 4.69) is 6.58 Å². The molecule has 2 aliphatic heterocycles. The lowest BCUT2D eigenvalue weighted by Gasteiger charge is -2.36. The third kappa shape index (κ3) is 4.66. The fraction of sp³-hybridized carbons (Fsp3) is 0.529. The molecule has 2 fully saturated rings. The molecule has 26 heavy (non-hydrogen) atoms. The van der Waals surface area contributed by atoms with Gasteiger partial charge >= 0.3 is 5.97 Å². The average molecular weight is 384 g/mol. The Morgan fingerprint density at radius 1 is 1.46 bits per heavy atom. The minimum absolute atomic E-state index is 0.00371. The fourth-order valence-corrected chi connectivity index (χ4v) is 3.85. The SMILES string of the molecule is C=C/C=C1/OC(CCN2CCC(C(=O)O)CC2=O)CN([SH](=O)=O)/C1=C/C. The highest BCUT2D eigenvalue weighted by Gasteiger charge is 2.33. The van der Waals surface area contributed by atoms with E-state index in [4.69, 9.17) is 9.84 Å². The van der Waals surface area contributed by atoms with Crippen LogP contribution in [0.5, 0.6) is 0 Å². The molecule has 8 nitrogen and oxygen atoms in total. The van der Waals surface area contributed by atoms with E-state index in [-0.39, 0.29) is 18.9 Å². The first-order valence-electron chi connectivity index (χ1n) is 8.45. The smallest absolute Gasteiger partial charge is 0.307 e. The second-order valence-corrected chi connectivity index (χ2v) is 7.16. The molecule has 0 aromatic carbocycles. The number of rotatable bonds is 6. The highest BCUT2D eigenvalue weighted by Crippen LogP contribution is 2.27. The molecule has 2 aliphatic rings. The van der Waals surface area contributed by atoms with Crippen LogP contribution in [0.1, 0.15) is 26.2 Å². The molecule has 0 aromatic rings. The highest BCUT2D eigenvalue weighted by atomic mass is 32.2. The van der Waals surface area contributed by atoms with E-state index >= 15 is 0 Å². The van der Waals surface area contributed by atoms with Crippen LogP contribution >= 0.6 is 0 Å². The average Bonchev–Trinajstić information content (AvgIpc) is 2.60. The number of amides is 1. The number of carboxylic acids is 1. The topological polar surface area (TPSA) is 104 Å². The summed E-state index contributed by atoms with van der Waals surface area (Å²) in [6, 6.07) is 0. The maximum absolute atomic E-state index is 12.1. The van der Waals surface area contributed by atoms with Gasteiger partial charge in [-0.2, -0.15) is 0 Å². The first-order valence-corrected chi connectivity index (χ1v) is 9.58. The third-order valence-corrected chi connectivity index (χ3v) is 5.30. The first kappa shape index (κ1) is 20.0. The van der Waals surface area contributed by atoms with Crippen LogP contribution in [0.15, 0.2) is 36.3 Å². The van der Waals surface area contributed by atoms with Crippen LogP contribution in [0.2, 0.25) is 0 Å². The lowest BCUT2D eigenvalue weighted by atomic mass is 9.96. The molecular weight excluding hydrogens is 360 g/mol. The van der Waals surface area contributed by atoms with E-state index in [1.165, 1.54) is 10.4 Å². The van der Waals surface area contributed by atoms with Gasteiger partial charge in [-0.05, 0) is 19.4 Å². The van der Waals surface area contributed by atoms with Crippen LogP contribution in [0, 0.1) is 5.92 Å². The summed E-state index contributed by atoms with van der Waals surface area (Å²) in [4.78, 5) is 24.7. The zero-order chi connectivity index (χ0) is 19.3. The Bertz CT molecular complexity index is 704. The van der Waals surface area contributed by atoms with E-state index in [0.29, 0.717) is 37.4 Å². The van der Waals surface area contributed by atoms with E-state index < -0.39 is 28.9 Å². The maximum atomic E-state index is 12.1. The molecule has 2 heterocycles. The van der Waals surface area contributed by atoms with E-state index in [9.17, 15) is 18.0 Å².